The number of amides is 1. The molecule has 2 aromatic rings. The zero-order valence-electron chi connectivity index (χ0n) is 14.0. The zero-order chi connectivity index (χ0) is 17.9. The van der Waals surface area contributed by atoms with Crippen LogP contribution in [0.5, 0.6) is 0 Å². The third-order valence-electron chi connectivity index (χ3n) is 3.62. The van der Waals surface area contributed by atoms with Crippen molar-refractivity contribution in [1.82, 2.24) is 10.2 Å². The topological polar surface area (TPSA) is 61.8 Å². The molecule has 0 aliphatic carbocycles. The lowest BCUT2D eigenvalue weighted by Gasteiger charge is -2.21. The van der Waals surface area contributed by atoms with E-state index < -0.39 is 6.09 Å². The minimum atomic E-state index is -0.449. The van der Waals surface area contributed by atoms with Crippen molar-refractivity contribution in [3.63, 3.8) is 0 Å². The van der Waals surface area contributed by atoms with Gasteiger partial charge in [-0.25, -0.2) is 4.79 Å². The quantitative estimate of drug-likeness (QED) is 0.719. The van der Waals surface area contributed by atoms with E-state index in [9.17, 15) is 9.90 Å². The average Bonchev–Trinajstić information content (AvgIpc) is 2.61. The van der Waals surface area contributed by atoms with Crippen LogP contribution in [-0.2, 0) is 17.9 Å². The number of aliphatic hydroxyl groups excluding tert-OH is 1. The van der Waals surface area contributed by atoms with Crippen LogP contribution in [0.25, 0.3) is 0 Å². The summed E-state index contributed by atoms with van der Waals surface area (Å²) < 4.78 is 5.17. The van der Waals surface area contributed by atoms with Gasteiger partial charge < -0.3 is 15.2 Å². The van der Waals surface area contributed by atoms with Gasteiger partial charge in [-0.15, -0.1) is 0 Å². The lowest BCUT2D eigenvalue weighted by Crippen LogP contribution is -2.36. The first-order chi connectivity index (χ1) is 12.2. The Hall–Kier alpha value is -2.08. The summed E-state index contributed by atoms with van der Waals surface area (Å²) in [5.74, 6) is 0. The van der Waals surface area contributed by atoms with Crippen LogP contribution < -0.4 is 5.32 Å². The van der Waals surface area contributed by atoms with Crippen LogP contribution in [0.2, 0.25) is 5.02 Å². The van der Waals surface area contributed by atoms with E-state index in [1.54, 1.807) is 0 Å². The lowest BCUT2D eigenvalue weighted by molar-refractivity contribution is 0.136. The predicted molar refractivity (Wildman–Crippen MR) is 98.4 cm³/mol. The molecule has 5 nitrogen and oxygen atoms in total. The van der Waals surface area contributed by atoms with E-state index in [0.29, 0.717) is 31.2 Å². The minimum Gasteiger partial charge on any atom is -0.445 e. The molecule has 0 bridgehead atoms. The van der Waals surface area contributed by atoms with E-state index in [1.807, 2.05) is 59.5 Å². The molecule has 25 heavy (non-hydrogen) atoms. The summed E-state index contributed by atoms with van der Waals surface area (Å²) in [4.78, 5) is 13.8. The summed E-state index contributed by atoms with van der Waals surface area (Å²) in [5.41, 5.74) is 2.01. The number of halogens is 1. The maximum absolute atomic E-state index is 11.7. The van der Waals surface area contributed by atoms with Crippen LogP contribution in [0.1, 0.15) is 11.1 Å². The molecule has 0 heterocycles. The Morgan fingerprint density at radius 2 is 1.84 bits per heavy atom. The number of carbonyl (C=O) groups is 1. The summed E-state index contributed by atoms with van der Waals surface area (Å²) >= 11 is 6.00. The van der Waals surface area contributed by atoms with Crippen molar-refractivity contribution in [3.8, 4) is 0 Å². The van der Waals surface area contributed by atoms with Crippen LogP contribution in [0, 0.1) is 0 Å². The Labute approximate surface area is 153 Å². The molecule has 0 aliphatic rings. The van der Waals surface area contributed by atoms with Crippen molar-refractivity contribution in [2.75, 3.05) is 26.2 Å². The molecule has 0 radical (unpaired) electrons. The molecule has 0 saturated carbocycles. The second kappa shape index (κ2) is 10.7. The first kappa shape index (κ1) is 19.2. The van der Waals surface area contributed by atoms with Gasteiger partial charge in [0.05, 0.1) is 6.61 Å². The van der Waals surface area contributed by atoms with E-state index in [1.165, 1.54) is 0 Å². The molecule has 0 fully saturated rings. The monoisotopic (exact) mass is 362 g/mol. The lowest BCUT2D eigenvalue weighted by atomic mass is 10.2. The highest BCUT2D eigenvalue weighted by Gasteiger charge is 2.08. The normalized spacial score (nSPS) is 10.7. The number of benzene rings is 2. The van der Waals surface area contributed by atoms with E-state index in [4.69, 9.17) is 16.3 Å². The smallest absolute Gasteiger partial charge is 0.407 e. The average molecular weight is 363 g/mol. The Morgan fingerprint density at radius 3 is 2.56 bits per heavy atom. The molecule has 0 aromatic heterocycles. The molecule has 6 heteroatoms. The van der Waals surface area contributed by atoms with Gasteiger partial charge in [-0.05, 0) is 23.3 Å². The van der Waals surface area contributed by atoms with Gasteiger partial charge in [0.1, 0.15) is 6.61 Å². The first-order valence-corrected chi connectivity index (χ1v) is 8.57. The van der Waals surface area contributed by atoms with Crippen LogP contribution in [-0.4, -0.2) is 42.3 Å². The van der Waals surface area contributed by atoms with Crippen molar-refractivity contribution in [3.05, 3.63) is 70.7 Å². The number of nitrogens with zero attached hydrogens (tertiary/aromatic N) is 1. The molecule has 0 saturated heterocycles. The van der Waals surface area contributed by atoms with Gasteiger partial charge in [0, 0.05) is 31.2 Å². The molecule has 2 aromatic carbocycles. The Morgan fingerprint density at radius 1 is 1.08 bits per heavy atom. The highest BCUT2D eigenvalue weighted by atomic mass is 35.5. The largest absolute Gasteiger partial charge is 0.445 e. The Balaban J connectivity index is 1.72. The summed E-state index contributed by atoms with van der Waals surface area (Å²) in [6, 6.07) is 17.1. The number of aliphatic hydroxyl groups is 1. The molecule has 0 aliphatic heterocycles. The number of hydrogen-bond donors (Lipinski definition) is 2. The summed E-state index contributed by atoms with van der Waals surface area (Å²) in [5, 5.41) is 12.6. The summed E-state index contributed by atoms with van der Waals surface area (Å²) in [7, 11) is 0. The zero-order valence-corrected chi connectivity index (χ0v) is 14.8. The van der Waals surface area contributed by atoms with E-state index >= 15 is 0 Å². The minimum absolute atomic E-state index is 0.0546. The van der Waals surface area contributed by atoms with E-state index in [-0.39, 0.29) is 13.2 Å². The number of nitrogens with one attached hydrogen (secondary N) is 1. The van der Waals surface area contributed by atoms with Gasteiger partial charge in [0.15, 0.2) is 0 Å². The van der Waals surface area contributed by atoms with E-state index in [0.717, 1.165) is 11.1 Å². The number of ether oxygens (including phenoxy) is 1. The Kier molecular flexibility index (Phi) is 8.25. The summed E-state index contributed by atoms with van der Waals surface area (Å²) in [6.45, 7) is 2.52. The SMILES string of the molecule is O=C(NCCN(CCO)Cc1cccc(Cl)c1)OCc1ccccc1. The second-order valence-corrected chi connectivity index (χ2v) is 6.05. The van der Waals surface area contributed by atoms with Crippen LogP contribution >= 0.6 is 11.6 Å². The maximum atomic E-state index is 11.7. The fraction of sp³-hybridized carbons (Fsp3) is 0.316. The van der Waals surface area contributed by atoms with E-state index in [2.05, 4.69) is 5.32 Å². The van der Waals surface area contributed by atoms with Crippen molar-refractivity contribution >= 4 is 17.7 Å². The fourth-order valence-corrected chi connectivity index (χ4v) is 2.61. The van der Waals surface area contributed by atoms with Gasteiger partial charge in [-0.3, -0.25) is 4.90 Å². The fourth-order valence-electron chi connectivity index (χ4n) is 2.40. The standard InChI is InChI=1S/C19H23ClN2O3/c20-18-8-4-7-17(13-18)14-22(11-12-23)10-9-21-19(24)25-15-16-5-2-1-3-6-16/h1-8,13,23H,9-12,14-15H2,(H,21,24). The third-order valence-corrected chi connectivity index (χ3v) is 3.86. The van der Waals surface area contributed by atoms with Crippen LogP contribution in [0.15, 0.2) is 54.6 Å². The van der Waals surface area contributed by atoms with Gasteiger partial charge >= 0.3 is 6.09 Å². The molecule has 2 N–H and O–H groups in total. The van der Waals surface area contributed by atoms with Gasteiger partial charge in [-0.1, -0.05) is 54.1 Å². The van der Waals surface area contributed by atoms with Gasteiger partial charge in [-0.2, -0.15) is 0 Å². The molecule has 2 rings (SSSR count). The molecule has 0 unspecified atom stereocenters. The third kappa shape index (κ3) is 7.56. The number of alkyl carbamates (subject to hydrolysis) is 1. The molecular formula is C19H23ClN2O3. The summed E-state index contributed by atoms with van der Waals surface area (Å²) in [6.07, 6.45) is -0.449. The highest BCUT2D eigenvalue weighted by molar-refractivity contribution is 6.30. The van der Waals surface area contributed by atoms with Crippen molar-refractivity contribution in [1.29, 1.82) is 0 Å². The Bertz CT molecular complexity index is 652. The number of rotatable bonds is 9. The van der Waals surface area contributed by atoms with Crippen LogP contribution in [0.3, 0.4) is 0 Å². The molecular weight excluding hydrogens is 340 g/mol. The highest BCUT2D eigenvalue weighted by Crippen LogP contribution is 2.12. The number of hydrogen-bond acceptors (Lipinski definition) is 4. The van der Waals surface area contributed by atoms with Crippen molar-refractivity contribution in [2.45, 2.75) is 13.2 Å². The molecule has 134 valence electrons. The van der Waals surface area contributed by atoms with Crippen molar-refractivity contribution < 1.29 is 14.6 Å². The molecule has 1 amide bonds. The maximum Gasteiger partial charge on any atom is 0.407 e. The molecule has 0 atom stereocenters. The van der Waals surface area contributed by atoms with Crippen LogP contribution in [0.4, 0.5) is 4.79 Å². The second-order valence-electron chi connectivity index (χ2n) is 5.62. The first-order valence-electron chi connectivity index (χ1n) is 8.19. The molecule has 0 spiro atoms. The van der Waals surface area contributed by atoms with Gasteiger partial charge in [0.2, 0.25) is 0 Å². The van der Waals surface area contributed by atoms with Gasteiger partial charge in [0.25, 0.3) is 0 Å². The predicted octanol–water partition coefficient (Wildman–Crippen LogP) is 3.06. The van der Waals surface area contributed by atoms with Crippen molar-refractivity contribution in [2.24, 2.45) is 0 Å². The number of carbonyl (C=O) groups excluding carboxylic acids is 1.